The van der Waals surface area contributed by atoms with E-state index in [1.165, 1.54) is 18.4 Å². The molecule has 0 saturated carbocycles. The molecule has 0 fully saturated rings. The SMILES string of the molecule is CCCC.Cc1cccc2[nH]cnc12.[HH]. The van der Waals surface area contributed by atoms with Gasteiger partial charge in [-0.2, -0.15) is 0 Å². The van der Waals surface area contributed by atoms with E-state index in [4.69, 9.17) is 0 Å². The molecule has 1 aromatic carbocycles. The Morgan fingerprint density at radius 2 is 2.00 bits per heavy atom. The van der Waals surface area contributed by atoms with Gasteiger partial charge in [-0.05, 0) is 18.6 Å². The van der Waals surface area contributed by atoms with Crippen LogP contribution in [0.4, 0.5) is 0 Å². The number of benzene rings is 1. The van der Waals surface area contributed by atoms with Crippen molar-refractivity contribution in [1.82, 2.24) is 9.97 Å². The predicted octanol–water partition coefficient (Wildman–Crippen LogP) is 3.92. The lowest BCUT2D eigenvalue weighted by Gasteiger charge is -1.90. The van der Waals surface area contributed by atoms with Crippen molar-refractivity contribution >= 4 is 11.0 Å². The van der Waals surface area contributed by atoms with Gasteiger partial charge in [-0.25, -0.2) is 4.98 Å². The van der Waals surface area contributed by atoms with Crippen LogP contribution in [0.25, 0.3) is 11.0 Å². The number of aryl methyl sites for hydroxylation is 1. The lowest BCUT2D eigenvalue weighted by atomic mass is 10.2. The number of hydrogen-bond acceptors (Lipinski definition) is 1. The summed E-state index contributed by atoms with van der Waals surface area (Å²) in [4.78, 5) is 7.21. The van der Waals surface area contributed by atoms with E-state index in [0.717, 1.165) is 11.0 Å². The quantitative estimate of drug-likeness (QED) is 0.728. The number of nitrogens with zero attached hydrogens (tertiary/aromatic N) is 1. The van der Waals surface area contributed by atoms with E-state index in [1.54, 1.807) is 6.33 Å². The van der Waals surface area contributed by atoms with Crippen LogP contribution in [0.15, 0.2) is 24.5 Å². The molecule has 0 aliphatic heterocycles. The molecule has 0 bridgehead atoms. The fourth-order valence-corrected chi connectivity index (χ4v) is 1.11. The molecule has 78 valence electrons. The number of aromatic nitrogens is 2. The van der Waals surface area contributed by atoms with Gasteiger partial charge in [-0.15, -0.1) is 0 Å². The Labute approximate surface area is 86.9 Å². The summed E-state index contributed by atoms with van der Waals surface area (Å²) in [6.45, 7) is 6.42. The number of aromatic amines is 1. The first-order chi connectivity index (χ1) is 6.79. The normalized spacial score (nSPS) is 9.64. The number of unbranched alkanes of at least 4 members (excludes halogenated alkanes) is 1. The highest BCUT2D eigenvalue weighted by Gasteiger charge is 1.95. The molecule has 1 aromatic heterocycles. The van der Waals surface area contributed by atoms with Crippen molar-refractivity contribution in [2.45, 2.75) is 33.6 Å². The average molecular weight is 192 g/mol. The van der Waals surface area contributed by atoms with E-state index in [9.17, 15) is 0 Å². The molecule has 1 heterocycles. The van der Waals surface area contributed by atoms with Crippen LogP contribution in [0.3, 0.4) is 0 Å². The van der Waals surface area contributed by atoms with Gasteiger partial charge in [0.15, 0.2) is 0 Å². The summed E-state index contributed by atoms with van der Waals surface area (Å²) in [5, 5.41) is 0. The van der Waals surface area contributed by atoms with Gasteiger partial charge < -0.3 is 4.98 Å². The minimum Gasteiger partial charge on any atom is -0.345 e. The van der Waals surface area contributed by atoms with Gasteiger partial charge in [-0.1, -0.05) is 38.8 Å². The van der Waals surface area contributed by atoms with Crippen molar-refractivity contribution in [3.63, 3.8) is 0 Å². The molecular formula is C12H20N2. The van der Waals surface area contributed by atoms with E-state index < -0.39 is 0 Å². The zero-order valence-electron chi connectivity index (χ0n) is 9.17. The van der Waals surface area contributed by atoms with Gasteiger partial charge in [0.05, 0.1) is 17.4 Å². The van der Waals surface area contributed by atoms with Crippen LogP contribution in [0.5, 0.6) is 0 Å². The minimum absolute atomic E-state index is 0. The van der Waals surface area contributed by atoms with Crippen LogP contribution in [-0.4, -0.2) is 9.97 Å². The highest BCUT2D eigenvalue weighted by atomic mass is 14.9. The number of fused-ring (bicyclic) bond motifs is 1. The molecule has 0 unspecified atom stereocenters. The highest BCUT2D eigenvalue weighted by Crippen LogP contribution is 2.12. The maximum Gasteiger partial charge on any atom is 0.0931 e. The topological polar surface area (TPSA) is 28.7 Å². The summed E-state index contributed by atoms with van der Waals surface area (Å²) in [5.41, 5.74) is 3.40. The molecule has 2 heteroatoms. The van der Waals surface area contributed by atoms with Crippen molar-refractivity contribution in [3.05, 3.63) is 30.1 Å². The zero-order chi connectivity index (χ0) is 10.4. The lowest BCUT2D eigenvalue weighted by Crippen LogP contribution is -1.73. The Bertz CT molecular complexity index is 380. The predicted molar refractivity (Wildman–Crippen MR) is 63.5 cm³/mol. The van der Waals surface area contributed by atoms with Gasteiger partial charge in [0.1, 0.15) is 0 Å². The molecule has 2 rings (SSSR count). The standard InChI is InChI=1S/C8H8N2.C4H10.H2/c1-6-3-2-4-7-8(6)10-5-9-7;1-3-4-2;/h2-5H,1H3,(H,9,10);3-4H2,1-2H3;1H. The third-order valence-corrected chi connectivity index (χ3v) is 2.15. The van der Waals surface area contributed by atoms with E-state index in [2.05, 4.69) is 36.8 Å². The van der Waals surface area contributed by atoms with Crippen LogP contribution in [0, 0.1) is 6.92 Å². The number of para-hydroxylation sites is 1. The van der Waals surface area contributed by atoms with Crippen LogP contribution in [0.1, 0.15) is 33.7 Å². The minimum atomic E-state index is 0. The van der Waals surface area contributed by atoms with Crippen LogP contribution in [0.2, 0.25) is 0 Å². The van der Waals surface area contributed by atoms with Gasteiger partial charge in [0.2, 0.25) is 0 Å². The molecule has 0 aliphatic rings. The molecule has 0 spiro atoms. The summed E-state index contributed by atoms with van der Waals surface area (Å²) in [5.74, 6) is 0. The molecule has 0 saturated heterocycles. The Morgan fingerprint density at radius 3 is 2.57 bits per heavy atom. The first kappa shape index (κ1) is 10.8. The number of imidazole rings is 1. The summed E-state index contributed by atoms with van der Waals surface area (Å²) >= 11 is 0. The number of nitrogens with one attached hydrogen (secondary N) is 1. The zero-order valence-corrected chi connectivity index (χ0v) is 9.17. The number of rotatable bonds is 1. The van der Waals surface area contributed by atoms with Crippen LogP contribution < -0.4 is 0 Å². The average Bonchev–Trinajstić information content (AvgIpc) is 2.68. The van der Waals surface area contributed by atoms with E-state index in [0.29, 0.717) is 0 Å². The lowest BCUT2D eigenvalue weighted by molar-refractivity contribution is 0.886. The molecule has 0 atom stereocenters. The summed E-state index contributed by atoms with van der Waals surface area (Å²) in [7, 11) is 0. The molecule has 0 amide bonds. The van der Waals surface area contributed by atoms with Crippen LogP contribution >= 0.6 is 0 Å². The van der Waals surface area contributed by atoms with Crippen molar-refractivity contribution < 1.29 is 1.43 Å². The van der Waals surface area contributed by atoms with Gasteiger partial charge >= 0.3 is 0 Å². The second-order valence-corrected chi connectivity index (χ2v) is 3.37. The second-order valence-electron chi connectivity index (χ2n) is 3.37. The summed E-state index contributed by atoms with van der Waals surface area (Å²) < 4.78 is 0. The monoisotopic (exact) mass is 192 g/mol. The van der Waals surface area contributed by atoms with E-state index in [1.807, 2.05) is 12.1 Å². The van der Waals surface area contributed by atoms with Crippen LogP contribution in [-0.2, 0) is 0 Å². The molecule has 14 heavy (non-hydrogen) atoms. The molecule has 1 N–H and O–H groups in total. The maximum absolute atomic E-state index is 4.16. The molecule has 2 nitrogen and oxygen atoms in total. The Kier molecular flexibility index (Phi) is 4.17. The first-order valence-corrected chi connectivity index (χ1v) is 5.18. The Balaban J connectivity index is 0.000000346. The van der Waals surface area contributed by atoms with Gasteiger partial charge in [-0.3, -0.25) is 0 Å². The molecule has 2 aromatic rings. The van der Waals surface area contributed by atoms with Gasteiger partial charge in [0, 0.05) is 1.43 Å². The van der Waals surface area contributed by atoms with Gasteiger partial charge in [0.25, 0.3) is 0 Å². The third kappa shape index (κ3) is 2.59. The third-order valence-electron chi connectivity index (χ3n) is 2.15. The largest absolute Gasteiger partial charge is 0.345 e. The fourth-order valence-electron chi connectivity index (χ4n) is 1.11. The second kappa shape index (κ2) is 5.43. The first-order valence-electron chi connectivity index (χ1n) is 5.18. The number of H-pyrrole nitrogens is 1. The van der Waals surface area contributed by atoms with Crippen molar-refractivity contribution in [2.24, 2.45) is 0 Å². The highest BCUT2D eigenvalue weighted by molar-refractivity contribution is 5.77. The summed E-state index contributed by atoms with van der Waals surface area (Å²) in [6, 6.07) is 6.11. The summed E-state index contributed by atoms with van der Waals surface area (Å²) in [6.07, 6.45) is 4.36. The van der Waals surface area contributed by atoms with Crippen molar-refractivity contribution in [3.8, 4) is 0 Å². The van der Waals surface area contributed by atoms with Crippen molar-refractivity contribution in [1.29, 1.82) is 0 Å². The molecular weight excluding hydrogens is 172 g/mol. The smallest absolute Gasteiger partial charge is 0.0931 e. The Morgan fingerprint density at radius 1 is 1.29 bits per heavy atom. The van der Waals surface area contributed by atoms with E-state index in [-0.39, 0.29) is 1.43 Å². The van der Waals surface area contributed by atoms with E-state index >= 15 is 0 Å². The van der Waals surface area contributed by atoms with Crippen molar-refractivity contribution in [2.75, 3.05) is 0 Å². The Hall–Kier alpha value is -1.31. The maximum atomic E-state index is 4.16. The molecule has 0 radical (unpaired) electrons. The number of hydrogen-bond donors (Lipinski definition) is 1. The molecule has 0 aliphatic carbocycles. The fraction of sp³-hybridized carbons (Fsp3) is 0.417.